The molecule has 0 bridgehead atoms. The second kappa shape index (κ2) is 7.53. The van der Waals surface area contributed by atoms with Crippen LogP contribution in [0.25, 0.3) is 17.1 Å². The van der Waals surface area contributed by atoms with Crippen LogP contribution in [0.5, 0.6) is 5.88 Å². The minimum absolute atomic E-state index is 0.154. The summed E-state index contributed by atoms with van der Waals surface area (Å²) in [6, 6.07) is 11.1. The van der Waals surface area contributed by atoms with E-state index in [1.165, 1.54) is 47.5 Å². The molecule has 0 atom stereocenters. The number of benzene rings is 1. The van der Waals surface area contributed by atoms with Crippen LogP contribution < -0.4 is 10.1 Å². The van der Waals surface area contributed by atoms with Crippen molar-refractivity contribution in [3.63, 3.8) is 0 Å². The van der Waals surface area contributed by atoms with Gasteiger partial charge in [-0.15, -0.1) is 16.4 Å². The number of nitrogens with one attached hydrogen (secondary N) is 1. The molecule has 1 N–H and O–H groups in total. The van der Waals surface area contributed by atoms with E-state index < -0.39 is 11.7 Å². The summed E-state index contributed by atoms with van der Waals surface area (Å²) in [5.74, 6) is -0.426. The molecule has 0 saturated heterocycles. The highest BCUT2D eigenvalue weighted by Gasteiger charge is 2.17. The van der Waals surface area contributed by atoms with E-state index in [9.17, 15) is 9.18 Å². The van der Waals surface area contributed by atoms with Crippen molar-refractivity contribution in [2.75, 3.05) is 12.4 Å². The average Bonchev–Trinajstić information content (AvgIpc) is 3.38. The molecule has 1 amide bonds. The maximum atomic E-state index is 13.5. The van der Waals surface area contributed by atoms with Crippen LogP contribution >= 0.6 is 11.3 Å². The van der Waals surface area contributed by atoms with E-state index >= 15 is 0 Å². The quantitative estimate of drug-likeness (QED) is 0.557. The maximum absolute atomic E-state index is 13.5. The van der Waals surface area contributed by atoms with Crippen LogP contribution in [0.4, 0.5) is 9.52 Å². The number of aromatic nitrogens is 5. The van der Waals surface area contributed by atoms with Crippen LogP contribution in [-0.4, -0.2) is 38.0 Å². The maximum Gasteiger partial charge on any atom is 0.277 e. The number of rotatable bonds is 5. The second-order valence-electron chi connectivity index (χ2n) is 5.57. The lowest BCUT2D eigenvalue weighted by molar-refractivity contribution is 0.101. The number of thiazole rings is 1. The predicted molar refractivity (Wildman–Crippen MR) is 101 cm³/mol. The molecular formula is C18H13FN6O2S. The first-order valence-electron chi connectivity index (χ1n) is 8.09. The lowest BCUT2D eigenvalue weighted by Crippen LogP contribution is -2.17. The third-order valence-electron chi connectivity index (χ3n) is 3.75. The summed E-state index contributed by atoms with van der Waals surface area (Å²) >= 11 is 1.25. The van der Waals surface area contributed by atoms with Gasteiger partial charge in [-0.2, -0.15) is 0 Å². The zero-order valence-corrected chi connectivity index (χ0v) is 15.4. The molecule has 0 aliphatic carbocycles. The molecule has 1 aromatic carbocycles. The molecule has 4 rings (SSSR count). The van der Waals surface area contributed by atoms with Crippen molar-refractivity contribution in [1.82, 2.24) is 25.0 Å². The van der Waals surface area contributed by atoms with E-state index in [4.69, 9.17) is 4.74 Å². The first-order chi connectivity index (χ1) is 13.6. The van der Waals surface area contributed by atoms with E-state index in [-0.39, 0.29) is 5.69 Å². The lowest BCUT2D eigenvalue weighted by Gasteiger charge is -2.05. The number of pyridine rings is 1. The Hall–Kier alpha value is -3.66. The van der Waals surface area contributed by atoms with Gasteiger partial charge in [-0.25, -0.2) is 19.0 Å². The van der Waals surface area contributed by atoms with Gasteiger partial charge in [0.15, 0.2) is 10.8 Å². The summed E-state index contributed by atoms with van der Waals surface area (Å²) in [6.45, 7) is 0. The first-order valence-corrected chi connectivity index (χ1v) is 8.97. The van der Waals surface area contributed by atoms with E-state index in [1.54, 1.807) is 23.6 Å². The third-order valence-corrected chi connectivity index (χ3v) is 4.51. The number of nitrogens with zero attached hydrogens (tertiary/aromatic N) is 5. The van der Waals surface area contributed by atoms with Crippen LogP contribution in [0.2, 0.25) is 0 Å². The number of methoxy groups -OCH3 is 1. The highest BCUT2D eigenvalue weighted by molar-refractivity contribution is 7.14. The molecule has 8 nitrogen and oxygen atoms in total. The van der Waals surface area contributed by atoms with Crippen LogP contribution in [0.1, 0.15) is 10.5 Å². The summed E-state index contributed by atoms with van der Waals surface area (Å²) < 4.78 is 19.8. The molecule has 0 spiro atoms. The number of carbonyl (C=O) groups is 1. The number of hydrogen-bond donors (Lipinski definition) is 1. The van der Waals surface area contributed by atoms with Crippen LogP contribution in [0, 0.1) is 5.82 Å². The van der Waals surface area contributed by atoms with Crippen LogP contribution in [0.3, 0.4) is 0 Å². The van der Waals surface area contributed by atoms with Gasteiger partial charge < -0.3 is 4.74 Å². The Morgan fingerprint density at radius 1 is 1.18 bits per heavy atom. The van der Waals surface area contributed by atoms with Crippen LogP contribution in [-0.2, 0) is 0 Å². The van der Waals surface area contributed by atoms with Gasteiger partial charge in [0, 0.05) is 11.4 Å². The first kappa shape index (κ1) is 17.7. The molecule has 140 valence electrons. The largest absolute Gasteiger partial charge is 0.481 e. The fraction of sp³-hybridized carbons (Fsp3) is 0.0556. The van der Waals surface area contributed by atoms with E-state index in [1.807, 2.05) is 6.07 Å². The highest BCUT2D eigenvalue weighted by atomic mass is 32.1. The zero-order valence-electron chi connectivity index (χ0n) is 14.5. The summed E-state index contributed by atoms with van der Waals surface area (Å²) in [5, 5.41) is 12.5. The Labute approximate surface area is 162 Å². The summed E-state index contributed by atoms with van der Waals surface area (Å²) in [6.07, 6.45) is 1.30. The number of anilines is 1. The smallest absolute Gasteiger partial charge is 0.277 e. The molecule has 0 aliphatic rings. The second-order valence-corrected chi connectivity index (χ2v) is 6.43. The van der Waals surface area contributed by atoms with Crippen molar-refractivity contribution in [3.05, 3.63) is 65.6 Å². The minimum atomic E-state index is -0.464. The van der Waals surface area contributed by atoms with Gasteiger partial charge in [0.25, 0.3) is 5.91 Å². The van der Waals surface area contributed by atoms with E-state index in [0.717, 1.165) is 0 Å². The molecule has 4 aromatic rings. The van der Waals surface area contributed by atoms with Crippen LogP contribution in [0.15, 0.2) is 54.0 Å². The third kappa shape index (κ3) is 3.58. The monoisotopic (exact) mass is 396 g/mol. The summed E-state index contributed by atoms with van der Waals surface area (Å²) in [4.78, 5) is 21.3. The normalized spacial score (nSPS) is 10.6. The number of hydrogen-bond acceptors (Lipinski definition) is 7. The fourth-order valence-electron chi connectivity index (χ4n) is 2.47. The van der Waals surface area contributed by atoms with Gasteiger partial charge in [-0.3, -0.25) is 10.1 Å². The number of ether oxygens (including phenoxy) is 1. The Kier molecular flexibility index (Phi) is 4.77. The number of carbonyl (C=O) groups excluding carboxylic acids is 1. The van der Waals surface area contributed by atoms with Crippen molar-refractivity contribution in [1.29, 1.82) is 0 Å². The molecule has 0 saturated carbocycles. The molecule has 0 aliphatic heterocycles. The van der Waals surface area contributed by atoms with Gasteiger partial charge in [-0.1, -0.05) is 17.3 Å². The Morgan fingerprint density at radius 3 is 2.86 bits per heavy atom. The van der Waals surface area contributed by atoms with Crippen molar-refractivity contribution in [2.24, 2.45) is 0 Å². The Morgan fingerprint density at radius 2 is 2.04 bits per heavy atom. The fourth-order valence-corrected chi connectivity index (χ4v) is 3.17. The van der Waals surface area contributed by atoms with Gasteiger partial charge in [0.05, 0.1) is 24.7 Å². The minimum Gasteiger partial charge on any atom is -0.481 e. The summed E-state index contributed by atoms with van der Waals surface area (Å²) in [5.41, 5.74) is 1.78. The van der Waals surface area contributed by atoms with Gasteiger partial charge in [0.1, 0.15) is 11.5 Å². The van der Waals surface area contributed by atoms with E-state index in [2.05, 4.69) is 25.6 Å². The summed E-state index contributed by atoms with van der Waals surface area (Å²) in [7, 11) is 1.54. The van der Waals surface area contributed by atoms with E-state index in [0.29, 0.717) is 28.1 Å². The molecule has 0 radical (unpaired) electrons. The highest BCUT2D eigenvalue weighted by Crippen LogP contribution is 2.25. The molecule has 0 fully saturated rings. The number of halogens is 1. The molecule has 3 aromatic heterocycles. The standard InChI is InChI=1S/C18H13FN6O2S/c1-27-16-7-3-6-13(21-16)14-10-28-18(22-14)23-17(26)15-9-20-24-25(15)12-5-2-4-11(19)8-12/h2-10H,1H3,(H,22,23,26). The van der Waals surface area contributed by atoms with Crippen molar-refractivity contribution >= 4 is 22.4 Å². The van der Waals surface area contributed by atoms with Gasteiger partial charge in [-0.05, 0) is 24.3 Å². The topological polar surface area (TPSA) is 94.8 Å². The lowest BCUT2D eigenvalue weighted by atomic mass is 10.3. The van der Waals surface area contributed by atoms with Crippen molar-refractivity contribution in [3.8, 4) is 23.0 Å². The molecule has 10 heteroatoms. The zero-order chi connectivity index (χ0) is 19.5. The SMILES string of the molecule is COc1cccc(-c2csc(NC(=O)c3cnnn3-c3cccc(F)c3)n2)n1. The predicted octanol–water partition coefficient (Wildman–Crippen LogP) is 3.19. The molecule has 28 heavy (non-hydrogen) atoms. The van der Waals surface area contributed by atoms with Gasteiger partial charge >= 0.3 is 0 Å². The molecular weight excluding hydrogens is 383 g/mol. The number of amides is 1. The average molecular weight is 396 g/mol. The van der Waals surface area contributed by atoms with Crippen molar-refractivity contribution < 1.29 is 13.9 Å². The Bertz CT molecular complexity index is 1140. The molecule has 3 heterocycles. The Balaban J connectivity index is 1.56. The molecule has 0 unspecified atom stereocenters. The van der Waals surface area contributed by atoms with Crippen molar-refractivity contribution in [2.45, 2.75) is 0 Å². The van der Waals surface area contributed by atoms with Gasteiger partial charge in [0.2, 0.25) is 5.88 Å².